The van der Waals surface area contributed by atoms with Crippen LogP contribution in [0.3, 0.4) is 0 Å². The molecule has 0 fully saturated rings. The van der Waals surface area contributed by atoms with E-state index >= 15 is 0 Å². The fourth-order valence-electron chi connectivity index (χ4n) is 1.13. The molecule has 0 amide bonds. The fraction of sp³-hybridized carbons (Fsp3) is 0.500. The number of carboxylic acid groups (broad SMARTS) is 1. The van der Waals surface area contributed by atoms with E-state index in [1.54, 1.807) is 6.92 Å². The monoisotopic (exact) mass is 209 g/mol. The minimum atomic E-state index is -1.04. The van der Waals surface area contributed by atoms with Crippen LogP contribution in [0.1, 0.15) is 37.1 Å². The van der Waals surface area contributed by atoms with E-state index in [4.69, 9.17) is 5.11 Å². The smallest absolute Gasteiger partial charge is 0.354 e. The zero-order valence-electron chi connectivity index (χ0n) is 9.33. The summed E-state index contributed by atoms with van der Waals surface area (Å²) in [5, 5.41) is 11.9. The van der Waals surface area contributed by atoms with Crippen molar-refractivity contribution in [3.05, 3.63) is 17.6 Å². The second-order valence-corrected chi connectivity index (χ2v) is 4.37. The van der Waals surface area contributed by atoms with Gasteiger partial charge in [0, 0.05) is 11.6 Å². The number of hydrogen-bond acceptors (Lipinski definition) is 4. The van der Waals surface area contributed by atoms with Crippen LogP contribution in [0.15, 0.2) is 6.07 Å². The zero-order chi connectivity index (χ0) is 11.6. The molecule has 82 valence electrons. The third-order valence-corrected chi connectivity index (χ3v) is 1.56. The molecule has 5 nitrogen and oxygen atoms in total. The standard InChI is InChI=1S/C10H15N3O2/c1-6-11-7(9(14)15)5-8(12-6)13-10(2,3)4/h5H,1-4H3,(H,14,15)(H,11,12,13). The van der Waals surface area contributed by atoms with Crippen LogP contribution < -0.4 is 5.32 Å². The molecule has 15 heavy (non-hydrogen) atoms. The number of anilines is 1. The summed E-state index contributed by atoms with van der Waals surface area (Å²) in [5.41, 5.74) is -0.148. The third kappa shape index (κ3) is 3.53. The van der Waals surface area contributed by atoms with E-state index in [0.29, 0.717) is 11.6 Å². The van der Waals surface area contributed by atoms with Crippen molar-refractivity contribution in [2.24, 2.45) is 0 Å². The van der Waals surface area contributed by atoms with Crippen molar-refractivity contribution >= 4 is 11.8 Å². The fourth-order valence-corrected chi connectivity index (χ4v) is 1.13. The van der Waals surface area contributed by atoms with Crippen LogP contribution in [0, 0.1) is 6.92 Å². The average Bonchev–Trinajstić information content (AvgIpc) is 1.99. The van der Waals surface area contributed by atoms with Crippen molar-refractivity contribution in [3.63, 3.8) is 0 Å². The molecule has 1 aromatic heterocycles. The molecule has 0 saturated heterocycles. The number of carboxylic acids is 1. The Balaban J connectivity index is 3.04. The van der Waals surface area contributed by atoms with Gasteiger partial charge in [0.05, 0.1) is 0 Å². The first-order valence-electron chi connectivity index (χ1n) is 4.65. The largest absolute Gasteiger partial charge is 0.477 e. The summed E-state index contributed by atoms with van der Waals surface area (Å²) in [5.74, 6) is -0.0634. The summed E-state index contributed by atoms with van der Waals surface area (Å²) in [7, 11) is 0. The van der Waals surface area contributed by atoms with Gasteiger partial charge < -0.3 is 10.4 Å². The summed E-state index contributed by atoms with van der Waals surface area (Å²) < 4.78 is 0. The number of nitrogens with one attached hydrogen (secondary N) is 1. The van der Waals surface area contributed by atoms with Gasteiger partial charge in [-0.15, -0.1) is 0 Å². The Morgan fingerprint density at radius 2 is 2.00 bits per heavy atom. The van der Waals surface area contributed by atoms with Crippen molar-refractivity contribution in [2.75, 3.05) is 5.32 Å². The second-order valence-electron chi connectivity index (χ2n) is 4.37. The van der Waals surface area contributed by atoms with Crippen molar-refractivity contribution in [2.45, 2.75) is 33.2 Å². The SMILES string of the molecule is Cc1nc(NC(C)(C)C)cc(C(=O)O)n1. The lowest BCUT2D eigenvalue weighted by atomic mass is 10.1. The minimum absolute atomic E-state index is 0.00856. The van der Waals surface area contributed by atoms with Crippen molar-refractivity contribution in [1.82, 2.24) is 9.97 Å². The van der Waals surface area contributed by atoms with Crippen LogP contribution in [-0.2, 0) is 0 Å². The highest BCUT2D eigenvalue weighted by Gasteiger charge is 2.13. The maximum atomic E-state index is 10.8. The molecule has 2 N–H and O–H groups in total. The number of aromatic nitrogens is 2. The zero-order valence-corrected chi connectivity index (χ0v) is 9.33. The molecule has 0 atom stereocenters. The number of hydrogen-bond donors (Lipinski definition) is 2. The molecule has 0 aliphatic heterocycles. The molecule has 0 bridgehead atoms. The molecular weight excluding hydrogens is 194 g/mol. The van der Waals surface area contributed by atoms with Gasteiger partial charge in [0.2, 0.25) is 0 Å². The van der Waals surface area contributed by atoms with Gasteiger partial charge >= 0.3 is 5.97 Å². The molecule has 0 aliphatic carbocycles. The predicted octanol–water partition coefficient (Wildman–Crippen LogP) is 1.69. The van der Waals surface area contributed by atoms with E-state index in [2.05, 4.69) is 15.3 Å². The summed E-state index contributed by atoms with van der Waals surface area (Å²) in [6.07, 6.45) is 0. The number of aromatic carboxylic acids is 1. The maximum Gasteiger partial charge on any atom is 0.354 e. The molecule has 0 aliphatic rings. The molecule has 0 saturated carbocycles. The highest BCUT2D eigenvalue weighted by molar-refractivity contribution is 5.86. The molecule has 0 radical (unpaired) electrons. The van der Waals surface area contributed by atoms with Gasteiger partial charge in [0.25, 0.3) is 0 Å². The average molecular weight is 209 g/mol. The van der Waals surface area contributed by atoms with Crippen LogP contribution in [-0.4, -0.2) is 26.6 Å². The van der Waals surface area contributed by atoms with E-state index in [1.165, 1.54) is 6.07 Å². The van der Waals surface area contributed by atoms with Gasteiger partial charge in [0.1, 0.15) is 11.6 Å². The summed E-state index contributed by atoms with van der Waals surface area (Å²) >= 11 is 0. The summed E-state index contributed by atoms with van der Waals surface area (Å²) in [4.78, 5) is 18.7. The molecule has 1 rings (SSSR count). The van der Waals surface area contributed by atoms with Crippen molar-refractivity contribution in [1.29, 1.82) is 0 Å². The van der Waals surface area contributed by atoms with Gasteiger partial charge in [-0.05, 0) is 27.7 Å². The lowest BCUT2D eigenvalue weighted by Crippen LogP contribution is -2.27. The Labute approximate surface area is 88.6 Å². The lowest BCUT2D eigenvalue weighted by molar-refractivity contribution is 0.0690. The Kier molecular flexibility index (Phi) is 2.93. The topological polar surface area (TPSA) is 75.1 Å². The predicted molar refractivity (Wildman–Crippen MR) is 57.1 cm³/mol. The first-order valence-corrected chi connectivity index (χ1v) is 4.65. The maximum absolute atomic E-state index is 10.8. The Morgan fingerprint density at radius 1 is 1.40 bits per heavy atom. The lowest BCUT2D eigenvalue weighted by Gasteiger charge is -2.21. The number of aryl methyl sites for hydroxylation is 1. The Morgan fingerprint density at radius 3 is 2.47 bits per heavy atom. The van der Waals surface area contributed by atoms with Crippen LogP contribution in [0.4, 0.5) is 5.82 Å². The van der Waals surface area contributed by atoms with Gasteiger partial charge in [-0.2, -0.15) is 0 Å². The van der Waals surface area contributed by atoms with E-state index < -0.39 is 5.97 Å². The molecule has 1 heterocycles. The van der Waals surface area contributed by atoms with Crippen molar-refractivity contribution < 1.29 is 9.90 Å². The van der Waals surface area contributed by atoms with Gasteiger partial charge in [-0.25, -0.2) is 14.8 Å². The highest BCUT2D eigenvalue weighted by atomic mass is 16.4. The second kappa shape index (κ2) is 3.84. The molecular formula is C10H15N3O2. The third-order valence-electron chi connectivity index (χ3n) is 1.56. The summed E-state index contributed by atoms with van der Waals surface area (Å²) in [6.45, 7) is 7.60. The summed E-state index contributed by atoms with van der Waals surface area (Å²) in [6, 6.07) is 1.43. The van der Waals surface area contributed by atoms with E-state index in [-0.39, 0.29) is 11.2 Å². The van der Waals surface area contributed by atoms with E-state index in [1.807, 2.05) is 20.8 Å². The molecule has 0 aromatic carbocycles. The normalized spacial score (nSPS) is 11.2. The molecule has 0 unspecified atom stereocenters. The molecule has 0 spiro atoms. The molecule has 5 heteroatoms. The first-order chi connectivity index (χ1) is 6.78. The first kappa shape index (κ1) is 11.4. The Bertz CT molecular complexity index is 383. The van der Waals surface area contributed by atoms with E-state index in [0.717, 1.165) is 0 Å². The van der Waals surface area contributed by atoms with Crippen LogP contribution in [0.5, 0.6) is 0 Å². The number of rotatable bonds is 2. The van der Waals surface area contributed by atoms with E-state index in [9.17, 15) is 4.79 Å². The van der Waals surface area contributed by atoms with Crippen LogP contribution in [0.2, 0.25) is 0 Å². The Hall–Kier alpha value is -1.65. The quantitative estimate of drug-likeness (QED) is 0.775. The molecule has 1 aromatic rings. The number of nitrogens with zero attached hydrogens (tertiary/aromatic N) is 2. The van der Waals surface area contributed by atoms with Crippen LogP contribution >= 0.6 is 0 Å². The van der Waals surface area contributed by atoms with Gasteiger partial charge in [-0.3, -0.25) is 0 Å². The van der Waals surface area contributed by atoms with Gasteiger partial charge in [0.15, 0.2) is 5.69 Å². The number of carbonyl (C=O) groups is 1. The van der Waals surface area contributed by atoms with Gasteiger partial charge in [-0.1, -0.05) is 0 Å². The minimum Gasteiger partial charge on any atom is -0.477 e. The highest BCUT2D eigenvalue weighted by Crippen LogP contribution is 2.13. The van der Waals surface area contributed by atoms with Crippen LogP contribution in [0.25, 0.3) is 0 Å². The van der Waals surface area contributed by atoms with Crippen molar-refractivity contribution in [3.8, 4) is 0 Å².